The van der Waals surface area contributed by atoms with Gasteiger partial charge in [-0.1, -0.05) is 0 Å². The molecule has 0 amide bonds. The molecule has 1 N–H and O–H groups in total. The van der Waals surface area contributed by atoms with Crippen molar-refractivity contribution in [2.24, 2.45) is 0 Å². The SMILES string of the molecule is Cc1ccc(C(C)N2CCCC2C2CCCN2)o1. The zero-order valence-corrected chi connectivity index (χ0v) is 11.5. The van der Waals surface area contributed by atoms with Gasteiger partial charge < -0.3 is 9.73 Å². The summed E-state index contributed by atoms with van der Waals surface area (Å²) in [5, 5.41) is 3.67. The van der Waals surface area contributed by atoms with Crippen LogP contribution in [0.3, 0.4) is 0 Å². The number of nitrogens with zero attached hydrogens (tertiary/aromatic N) is 1. The Labute approximate surface area is 110 Å². The fourth-order valence-electron chi connectivity index (χ4n) is 3.61. The van der Waals surface area contributed by atoms with Crippen molar-refractivity contribution in [3.8, 4) is 0 Å². The molecular formula is C15H24N2O. The third kappa shape index (κ3) is 2.21. The third-order valence-electron chi connectivity index (χ3n) is 4.58. The van der Waals surface area contributed by atoms with E-state index in [0.29, 0.717) is 18.1 Å². The summed E-state index contributed by atoms with van der Waals surface area (Å²) in [6, 6.07) is 6.02. The number of nitrogens with one attached hydrogen (secondary N) is 1. The van der Waals surface area contributed by atoms with Crippen LogP contribution in [0.5, 0.6) is 0 Å². The van der Waals surface area contributed by atoms with E-state index in [-0.39, 0.29) is 0 Å². The highest BCUT2D eigenvalue weighted by Crippen LogP contribution is 2.33. The predicted molar refractivity (Wildman–Crippen MR) is 72.6 cm³/mol. The highest BCUT2D eigenvalue weighted by atomic mass is 16.3. The van der Waals surface area contributed by atoms with Gasteiger partial charge in [0.15, 0.2) is 0 Å². The van der Waals surface area contributed by atoms with E-state index in [4.69, 9.17) is 4.42 Å². The molecule has 3 heterocycles. The quantitative estimate of drug-likeness (QED) is 0.891. The van der Waals surface area contributed by atoms with Crippen molar-refractivity contribution < 1.29 is 4.42 Å². The van der Waals surface area contributed by atoms with Crippen LogP contribution in [0.15, 0.2) is 16.5 Å². The smallest absolute Gasteiger partial charge is 0.121 e. The van der Waals surface area contributed by atoms with Gasteiger partial charge in [-0.3, -0.25) is 4.90 Å². The summed E-state index contributed by atoms with van der Waals surface area (Å²) in [6.45, 7) is 6.72. The first-order valence-corrected chi connectivity index (χ1v) is 7.31. The van der Waals surface area contributed by atoms with Crippen LogP contribution in [0.1, 0.15) is 50.2 Å². The lowest BCUT2D eigenvalue weighted by atomic mass is 10.0. The van der Waals surface area contributed by atoms with Crippen molar-refractivity contribution in [2.75, 3.05) is 13.1 Å². The maximum Gasteiger partial charge on any atom is 0.121 e. The summed E-state index contributed by atoms with van der Waals surface area (Å²) in [7, 11) is 0. The van der Waals surface area contributed by atoms with E-state index in [9.17, 15) is 0 Å². The molecule has 0 bridgehead atoms. The normalized spacial score (nSPS) is 31.0. The van der Waals surface area contributed by atoms with Gasteiger partial charge in [0.05, 0.1) is 6.04 Å². The molecule has 0 aromatic carbocycles. The third-order valence-corrected chi connectivity index (χ3v) is 4.58. The van der Waals surface area contributed by atoms with E-state index >= 15 is 0 Å². The maximum atomic E-state index is 5.81. The molecule has 0 spiro atoms. The molecule has 3 nitrogen and oxygen atoms in total. The minimum atomic E-state index is 0.411. The second kappa shape index (κ2) is 5.06. The van der Waals surface area contributed by atoms with Gasteiger partial charge >= 0.3 is 0 Å². The zero-order chi connectivity index (χ0) is 12.5. The fraction of sp³-hybridized carbons (Fsp3) is 0.733. The molecular weight excluding hydrogens is 224 g/mol. The Morgan fingerprint density at radius 1 is 1.33 bits per heavy atom. The van der Waals surface area contributed by atoms with Crippen LogP contribution in [-0.2, 0) is 0 Å². The van der Waals surface area contributed by atoms with Crippen LogP contribution >= 0.6 is 0 Å². The molecule has 3 unspecified atom stereocenters. The van der Waals surface area contributed by atoms with Gasteiger partial charge in [-0.2, -0.15) is 0 Å². The van der Waals surface area contributed by atoms with Crippen molar-refractivity contribution in [3.63, 3.8) is 0 Å². The second-order valence-corrected chi connectivity index (χ2v) is 5.77. The van der Waals surface area contributed by atoms with Gasteiger partial charge in [0, 0.05) is 12.1 Å². The Morgan fingerprint density at radius 2 is 2.22 bits per heavy atom. The topological polar surface area (TPSA) is 28.4 Å². The predicted octanol–water partition coefficient (Wildman–Crippen LogP) is 2.87. The Morgan fingerprint density at radius 3 is 2.89 bits per heavy atom. The number of hydrogen-bond acceptors (Lipinski definition) is 3. The van der Waals surface area contributed by atoms with E-state index in [2.05, 4.69) is 29.3 Å². The maximum absolute atomic E-state index is 5.81. The average molecular weight is 248 g/mol. The van der Waals surface area contributed by atoms with Crippen LogP contribution in [0.25, 0.3) is 0 Å². The Bertz CT molecular complexity index is 395. The summed E-state index contributed by atoms with van der Waals surface area (Å²) < 4.78 is 5.81. The molecule has 2 saturated heterocycles. The number of furan rings is 1. The first-order valence-electron chi connectivity index (χ1n) is 7.31. The molecule has 1 aromatic heterocycles. The summed E-state index contributed by atoms with van der Waals surface area (Å²) in [4.78, 5) is 2.64. The number of likely N-dealkylation sites (tertiary alicyclic amines) is 1. The van der Waals surface area contributed by atoms with E-state index in [1.165, 1.54) is 38.8 Å². The molecule has 0 aliphatic carbocycles. The number of rotatable bonds is 3. The number of hydrogen-bond donors (Lipinski definition) is 1. The van der Waals surface area contributed by atoms with Crippen molar-refractivity contribution in [1.29, 1.82) is 0 Å². The lowest BCUT2D eigenvalue weighted by Gasteiger charge is -2.33. The van der Waals surface area contributed by atoms with Gasteiger partial charge in [-0.15, -0.1) is 0 Å². The molecule has 2 aliphatic rings. The van der Waals surface area contributed by atoms with Gasteiger partial charge in [-0.05, 0) is 64.8 Å². The molecule has 1 aromatic rings. The van der Waals surface area contributed by atoms with Gasteiger partial charge in [-0.25, -0.2) is 0 Å². The number of aryl methyl sites for hydroxylation is 1. The Hall–Kier alpha value is -0.800. The van der Waals surface area contributed by atoms with Gasteiger partial charge in [0.1, 0.15) is 11.5 Å². The first-order chi connectivity index (χ1) is 8.75. The van der Waals surface area contributed by atoms with Gasteiger partial charge in [0.25, 0.3) is 0 Å². The Balaban J connectivity index is 1.73. The van der Waals surface area contributed by atoms with Crippen LogP contribution in [0.2, 0.25) is 0 Å². The molecule has 0 radical (unpaired) electrons. The van der Waals surface area contributed by atoms with E-state index < -0.39 is 0 Å². The van der Waals surface area contributed by atoms with Crippen LogP contribution in [0.4, 0.5) is 0 Å². The van der Waals surface area contributed by atoms with Crippen LogP contribution in [-0.4, -0.2) is 30.1 Å². The summed E-state index contributed by atoms with van der Waals surface area (Å²) in [5.41, 5.74) is 0. The molecule has 2 fully saturated rings. The van der Waals surface area contributed by atoms with Gasteiger partial charge in [0.2, 0.25) is 0 Å². The van der Waals surface area contributed by atoms with Crippen molar-refractivity contribution in [3.05, 3.63) is 23.7 Å². The Kier molecular flexibility index (Phi) is 3.44. The van der Waals surface area contributed by atoms with Crippen LogP contribution in [0, 0.1) is 6.92 Å². The standard InChI is InChI=1S/C15H24N2O/c1-11-7-8-15(18-11)12(2)17-10-4-6-14(17)13-5-3-9-16-13/h7-8,12-14,16H,3-6,9-10H2,1-2H3. The molecule has 3 atom stereocenters. The molecule has 3 heteroatoms. The van der Waals surface area contributed by atoms with Crippen molar-refractivity contribution in [2.45, 2.75) is 57.7 Å². The molecule has 0 saturated carbocycles. The summed E-state index contributed by atoms with van der Waals surface area (Å²) in [6.07, 6.45) is 5.34. The monoisotopic (exact) mass is 248 g/mol. The minimum Gasteiger partial charge on any atom is -0.465 e. The minimum absolute atomic E-state index is 0.411. The molecule has 100 valence electrons. The summed E-state index contributed by atoms with van der Waals surface area (Å²) in [5.74, 6) is 2.14. The summed E-state index contributed by atoms with van der Waals surface area (Å²) >= 11 is 0. The average Bonchev–Trinajstić information content (AvgIpc) is 3.08. The van der Waals surface area contributed by atoms with E-state index in [1.807, 2.05) is 6.92 Å². The second-order valence-electron chi connectivity index (χ2n) is 5.77. The molecule has 2 aliphatic heterocycles. The zero-order valence-electron chi connectivity index (χ0n) is 11.5. The molecule has 18 heavy (non-hydrogen) atoms. The van der Waals surface area contributed by atoms with E-state index in [0.717, 1.165) is 11.5 Å². The van der Waals surface area contributed by atoms with Crippen molar-refractivity contribution in [1.82, 2.24) is 10.2 Å². The molecule has 3 rings (SSSR count). The van der Waals surface area contributed by atoms with Crippen LogP contribution < -0.4 is 5.32 Å². The lowest BCUT2D eigenvalue weighted by molar-refractivity contribution is 0.146. The fourth-order valence-corrected chi connectivity index (χ4v) is 3.61. The van der Waals surface area contributed by atoms with Crippen molar-refractivity contribution >= 4 is 0 Å². The highest BCUT2D eigenvalue weighted by molar-refractivity contribution is 5.10. The van der Waals surface area contributed by atoms with E-state index in [1.54, 1.807) is 0 Å². The largest absolute Gasteiger partial charge is 0.465 e. The first kappa shape index (κ1) is 12.2. The lowest BCUT2D eigenvalue weighted by Crippen LogP contribution is -2.44. The highest BCUT2D eigenvalue weighted by Gasteiger charge is 2.36.